The molecular weight excluding hydrogens is 278 g/mol. The predicted molar refractivity (Wildman–Crippen MR) is 77.7 cm³/mol. The molecule has 1 heterocycles. The van der Waals surface area contributed by atoms with Gasteiger partial charge in [0.15, 0.2) is 5.82 Å². The summed E-state index contributed by atoms with van der Waals surface area (Å²) in [5.41, 5.74) is 1.36. The maximum absolute atomic E-state index is 9.12. The lowest BCUT2D eigenvalue weighted by atomic mass is 9.97. The second-order valence-electron chi connectivity index (χ2n) is 5.59. The van der Waals surface area contributed by atoms with E-state index in [0.717, 1.165) is 11.3 Å². The van der Waals surface area contributed by atoms with Crippen LogP contribution in [0, 0.1) is 0 Å². The van der Waals surface area contributed by atoms with Gasteiger partial charge in [0.25, 0.3) is 0 Å². The van der Waals surface area contributed by atoms with E-state index in [0.29, 0.717) is 23.3 Å². The van der Waals surface area contributed by atoms with Gasteiger partial charge in [-0.05, 0) is 17.7 Å². The van der Waals surface area contributed by atoms with Crippen LogP contribution in [0.3, 0.4) is 0 Å². The molecule has 0 spiro atoms. The van der Waals surface area contributed by atoms with Crippen molar-refractivity contribution >= 4 is 17.3 Å². The quantitative estimate of drug-likeness (QED) is 0.907. The van der Waals surface area contributed by atoms with E-state index in [4.69, 9.17) is 21.2 Å². The van der Waals surface area contributed by atoms with E-state index >= 15 is 0 Å². The minimum absolute atomic E-state index is 0.0256. The minimum atomic E-state index is -0.167. The molecule has 2 N–H and O–H groups in total. The molecule has 5 nitrogen and oxygen atoms in total. The molecule has 2 aromatic rings. The highest BCUT2D eigenvalue weighted by Crippen LogP contribution is 2.24. The molecule has 1 aromatic carbocycles. The van der Waals surface area contributed by atoms with Gasteiger partial charge in [-0.1, -0.05) is 43.6 Å². The summed E-state index contributed by atoms with van der Waals surface area (Å²) in [5, 5.41) is 16.8. The Morgan fingerprint density at radius 2 is 2.10 bits per heavy atom. The fourth-order valence-corrected chi connectivity index (χ4v) is 1.80. The standard InChI is InChI=1S/C14H18ClN3O2/c1-14(2,3)13-17-12(18-20-13)7-16-11-6-9(8-19)4-5-10(11)15/h4-6,16,19H,7-8H2,1-3H3. The third-order valence-electron chi connectivity index (χ3n) is 2.76. The van der Waals surface area contributed by atoms with Gasteiger partial charge in [-0.15, -0.1) is 0 Å². The van der Waals surface area contributed by atoms with Crippen LogP contribution in [0.1, 0.15) is 38.0 Å². The molecule has 0 fully saturated rings. The van der Waals surface area contributed by atoms with Crippen LogP contribution in [0.15, 0.2) is 22.7 Å². The Balaban J connectivity index is 2.07. The third kappa shape index (κ3) is 3.49. The Morgan fingerprint density at radius 3 is 2.70 bits per heavy atom. The van der Waals surface area contributed by atoms with Gasteiger partial charge < -0.3 is 14.9 Å². The zero-order valence-corrected chi connectivity index (χ0v) is 12.5. The van der Waals surface area contributed by atoms with Crippen LogP contribution in [0.5, 0.6) is 0 Å². The first kappa shape index (κ1) is 14.8. The lowest BCUT2D eigenvalue weighted by Gasteiger charge is -2.10. The van der Waals surface area contributed by atoms with Gasteiger partial charge in [0.2, 0.25) is 5.89 Å². The molecule has 0 saturated carbocycles. The van der Waals surface area contributed by atoms with Crippen LogP contribution in [0.25, 0.3) is 0 Å². The smallest absolute Gasteiger partial charge is 0.232 e. The number of aliphatic hydroxyl groups is 1. The van der Waals surface area contributed by atoms with Crippen molar-refractivity contribution in [3.63, 3.8) is 0 Å². The summed E-state index contributed by atoms with van der Waals surface area (Å²) in [6, 6.07) is 5.32. The van der Waals surface area contributed by atoms with E-state index in [1.807, 2.05) is 20.8 Å². The average Bonchev–Trinajstić information content (AvgIpc) is 2.86. The Kier molecular flexibility index (Phi) is 4.30. The number of aromatic nitrogens is 2. The number of benzene rings is 1. The van der Waals surface area contributed by atoms with Gasteiger partial charge in [0.1, 0.15) is 0 Å². The van der Waals surface area contributed by atoms with Crippen molar-refractivity contribution in [3.8, 4) is 0 Å². The summed E-state index contributed by atoms with van der Waals surface area (Å²) >= 11 is 6.09. The number of nitrogens with one attached hydrogen (secondary N) is 1. The molecule has 0 unspecified atom stereocenters. The zero-order chi connectivity index (χ0) is 14.8. The van der Waals surface area contributed by atoms with Crippen LogP contribution >= 0.6 is 11.6 Å². The number of nitrogens with zero attached hydrogens (tertiary/aromatic N) is 2. The Bertz CT molecular complexity index is 590. The van der Waals surface area contributed by atoms with Crippen LogP contribution in [-0.2, 0) is 18.6 Å². The molecule has 6 heteroatoms. The van der Waals surface area contributed by atoms with E-state index in [1.165, 1.54) is 0 Å². The monoisotopic (exact) mass is 295 g/mol. The lowest BCUT2D eigenvalue weighted by molar-refractivity contribution is 0.282. The van der Waals surface area contributed by atoms with Gasteiger partial charge in [0.05, 0.1) is 23.9 Å². The Hall–Kier alpha value is -1.59. The number of anilines is 1. The van der Waals surface area contributed by atoms with Gasteiger partial charge >= 0.3 is 0 Å². The van der Waals surface area contributed by atoms with Crippen molar-refractivity contribution in [2.45, 2.75) is 39.3 Å². The summed E-state index contributed by atoms with van der Waals surface area (Å²) in [6.07, 6.45) is 0. The van der Waals surface area contributed by atoms with E-state index in [-0.39, 0.29) is 12.0 Å². The first-order valence-corrected chi connectivity index (χ1v) is 6.74. The van der Waals surface area contributed by atoms with Crippen molar-refractivity contribution < 1.29 is 9.63 Å². The summed E-state index contributed by atoms with van der Waals surface area (Å²) in [4.78, 5) is 4.34. The van der Waals surface area contributed by atoms with Gasteiger partial charge in [0, 0.05) is 5.41 Å². The zero-order valence-electron chi connectivity index (χ0n) is 11.8. The highest BCUT2D eigenvalue weighted by atomic mass is 35.5. The van der Waals surface area contributed by atoms with Gasteiger partial charge in [-0.3, -0.25) is 0 Å². The SMILES string of the molecule is CC(C)(C)c1nc(CNc2cc(CO)ccc2Cl)no1. The van der Waals surface area contributed by atoms with Crippen LogP contribution < -0.4 is 5.32 Å². The molecule has 20 heavy (non-hydrogen) atoms. The Morgan fingerprint density at radius 1 is 1.35 bits per heavy atom. The number of rotatable bonds is 4. The molecular formula is C14H18ClN3O2. The summed E-state index contributed by atoms with van der Waals surface area (Å²) < 4.78 is 5.22. The van der Waals surface area contributed by atoms with Gasteiger partial charge in [-0.25, -0.2) is 0 Å². The van der Waals surface area contributed by atoms with Crippen molar-refractivity contribution in [2.24, 2.45) is 0 Å². The normalized spacial score (nSPS) is 11.7. The maximum atomic E-state index is 9.12. The highest BCUT2D eigenvalue weighted by molar-refractivity contribution is 6.33. The molecule has 0 atom stereocenters. The maximum Gasteiger partial charge on any atom is 0.232 e. The van der Waals surface area contributed by atoms with E-state index in [2.05, 4.69) is 15.5 Å². The second kappa shape index (κ2) is 5.81. The first-order valence-electron chi connectivity index (χ1n) is 6.36. The number of halogens is 1. The van der Waals surface area contributed by atoms with E-state index in [9.17, 15) is 0 Å². The highest BCUT2D eigenvalue weighted by Gasteiger charge is 2.21. The molecule has 1 aromatic heterocycles. The molecule has 0 radical (unpaired) electrons. The van der Waals surface area contributed by atoms with Crippen molar-refractivity contribution in [3.05, 3.63) is 40.5 Å². The molecule has 0 aliphatic heterocycles. The molecule has 0 amide bonds. The number of hydrogen-bond acceptors (Lipinski definition) is 5. The lowest BCUT2D eigenvalue weighted by Crippen LogP contribution is -2.12. The molecule has 0 bridgehead atoms. The van der Waals surface area contributed by atoms with E-state index in [1.54, 1.807) is 18.2 Å². The summed E-state index contributed by atoms with van der Waals surface area (Å²) in [7, 11) is 0. The van der Waals surface area contributed by atoms with Crippen LogP contribution in [0.2, 0.25) is 5.02 Å². The van der Waals surface area contributed by atoms with Crippen molar-refractivity contribution in [2.75, 3.05) is 5.32 Å². The summed E-state index contributed by atoms with van der Waals surface area (Å²) in [6.45, 7) is 6.42. The fraction of sp³-hybridized carbons (Fsp3) is 0.429. The van der Waals surface area contributed by atoms with Crippen molar-refractivity contribution in [1.82, 2.24) is 10.1 Å². The average molecular weight is 296 g/mol. The largest absolute Gasteiger partial charge is 0.392 e. The number of hydrogen-bond donors (Lipinski definition) is 2. The topological polar surface area (TPSA) is 71.2 Å². The van der Waals surface area contributed by atoms with Gasteiger partial charge in [-0.2, -0.15) is 4.98 Å². The second-order valence-corrected chi connectivity index (χ2v) is 6.00. The van der Waals surface area contributed by atoms with Crippen LogP contribution in [0.4, 0.5) is 5.69 Å². The molecule has 0 aliphatic rings. The van der Waals surface area contributed by atoms with E-state index < -0.39 is 0 Å². The van der Waals surface area contributed by atoms with Crippen LogP contribution in [-0.4, -0.2) is 15.2 Å². The fourth-order valence-electron chi connectivity index (χ4n) is 1.61. The first-order chi connectivity index (χ1) is 9.40. The molecule has 108 valence electrons. The molecule has 0 aliphatic carbocycles. The third-order valence-corrected chi connectivity index (χ3v) is 3.09. The summed E-state index contributed by atoms with van der Waals surface area (Å²) in [5.74, 6) is 1.17. The minimum Gasteiger partial charge on any atom is -0.392 e. The Labute approximate surface area is 123 Å². The molecule has 2 rings (SSSR count). The van der Waals surface area contributed by atoms with Crippen molar-refractivity contribution in [1.29, 1.82) is 0 Å². The number of aliphatic hydroxyl groups excluding tert-OH is 1. The molecule has 0 saturated heterocycles. The predicted octanol–water partition coefficient (Wildman–Crippen LogP) is 3.12.